The SMILES string of the molecule is CC(=O)N[C@@H](CC(C)C)C(=O)N[C@H](C(=O)N[C@@H](Cc1ccccc1)C(=O)N[C@]1(C)CCCCCC/C=C/CCC[C@@](C)(C(=O)NC(CO)C(=O)N[C@@H](C)C(=O)NC(C)C(N)=O)NC(=O)[C@H](CC(C)C)CN[C@@H](CCC(N)=O)C(=O)C(=O)[C@H](C)NC(=O)[C@H](Cc2c[nH]c3cc(Cl)ccc23)CC1=O)[C@@H](C)O. The number of hydrogen-bond donors (Lipinski definition) is 15. The maximum Gasteiger partial charge on any atom is 0.246 e. The molecule has 1 aromatic heterocycles. The standard InChI is InChI=1S/C74H110ClN13O16/c1-41(2)32-51-39-78-54(28-29-60(76)93)63(95)62(94)43(5)80-66(98)49(35-50-38-79-55-37-52(75)26-27-53(50)55)36-59(92)73(10,88-70(102)57(34-48-24-20-19-21-25-48)84-71(103)61(46(8)90)86-68(100)56(33-42(3)4)83-47(9)91)30-22-17-15-13-12-14-16-18-23-31-74(11,87-67(51)99)72(104)85-58(40-89)69(101)82-45(7)65(97)81-44(6)64(77)96/h14,16,19-21,24-27,37-38,41-46,49,51,54,56-58,61,78-79,89-90H,12-13,15,17-18,22-23,28-36,39-40H2,1-11H3,(H2,76,93)(H2,77,96)(H,80,98)(H,81,97)(H,82,101)(H,83,91)(H,84,103)(H,85,104)(H,86,100)(H,87,99)(H,88,102)/b16-14+/t43-,44?,45-,46+,49+,51+,54-,56-,57-,58?,61-,73+,74-/m0/s1. The Bertz CT molecular complexity index is 3530. The molecule has 11 amide bonds. The molecule has 0 saturated carbocycles. The third-order valence-electron chi connectivity index (χ3n) is 18.4. The highest BCUT2D eigenvalue weighted by Gasteiger charge is 2.43. The van der Waals surface area contributed by atoms with E-state index in [1.165, 1.54) is 48.5 Å². The minimum atomic E-state index is -1.79. The van der Waals surface area contributed by atoms with Gasteiger partial charge < -0.3 is 79.8 Å². The number of ketones is 3. The summed E-state index contributed by atoms with van der Waals surface area (Å²) in [5.41, 5.74) is 9.04. The van der Waals surface area contributed by atoms with Gasteiger partial charge in [0.05, 0.1) is 36.3 Å². The van der Waals surface area contributed by atoms with Gasteiger partial charge in [-0.05, 0) is 141 Å². The Labute approximate surface area is 613 Å². The summed E-state index contributed by atoms with van der Waals surface area (Å²) in [7, 11) is 0. The molecule has 1 aliphatic rings. The van der Waals surface area contributed by atoms with E-state index in [4.69, 9.17) is 23.1 Å². The third-order valence-corrected chi connectivity index (χ3v) is 18.6. The summed E-state index contributed by atoms with van der Waals surface area (Å²) < 4.78 is 0. The van der Waals surface area contributed by atoms with E-state index in [9.17, 15) is 63.0 Å². The van der Waals surface area contributed by atoms with Gasteiger partial charge in [-0.1, -0.05) is 107 Å². The molecular weight excluding hydrogens is 1360 g/mol. The molecule has 29 nitrogen and oxygen atoms in total. The number of nitrogens with one attached hydrogen (secondary N) is 11. The smallest absolute Gasteiger partial charge is 0.246 e. The van der Waals surface area contributed by atoms with Gasteiger partial charge in [0.2, 0.25) is 76.5 Å². The van der Waals surface area contributed by atoms with Crippen molar-refractivity contribution < 1.29 is 77.3 Å². The number of hydrogen-bond acceptors (Lipinski definition) is 17. The summed E-state index contributed by atoms with van der Waals surface area (Å²) in [4.78, 5) is 198. The highest BCUT2D eigenvalue weighted by Crippen LogP contribution is 2.29. The van der Waals surface area contributed by atoms with Gasteiger partial charge in [-0.2, -0.15) is 0 Å². The molecule has 0 fully saturated rings. The predicted octanol–water partition coefficient (Wildman–Crippen LogP) is 2.41. The molecule has 0 bridgehead atoms. The molecule has 13 atom stereocenters. The molecule has 2 aromatic carbocycles. The number of benzene rings is 2. The number of rotatable bonds is 27. The zero-order valence-electron chi connectivity index (χ0n) is 61.7. The Balaban J connectivity index is 1.81. The number of halogens is 1. The fourth-order valence-electron chi connectivity index (χ4n) is 12.2. The number of aliphatic hydroxyl groups is 2. The number of Topliss-reactive ketones (excluding diaryl/α,β-unsaturated/α-hetero) is 3. The topological polar surface area (TPSA) is 468 Å². The molecule has 4 rings (SSSR count). The van der Waals surface area contributed by atoms with Crippen LogP contribution < -0.4 is 64.6 Å². The average Bonchev–Trinajstić information content (AvgIpc) is 1.62. The van der Waals surface area contributed by atoms with E-state index in [2.05, 4.69) is 58.2 Å². The molecule has 2 heterocycles. The van der Waals surface area contributed by atoms with Crippen molar-refractivity contribution in [1.82, 2.24) is 58.2 Å². The van der Waals surface area contributed by atoms with Crippen molar-refractivity contribution >= 4 is 105 Å². The Kier molecular flexibility index (Phi) is 35.4. The first-order valence-electron chi connectivity index (χ1n) is 35.8. The van der Waals surface area contributed by atoms with Crippen LogP contribution in [0.1, 0.15) is 177 Å². The first-order chi connectivity index (χ1) is 48.9. The largest absolute Gasteiger partial charge is 0.394 e. The Morgan fingerprint density at radius 1 is 0.683 bits per heavy atom. The molecule has 2 unspecified atom stereocenters. The molecular formula is C74H110ClN13O16. The maximum absolute atomic E-state index is 15.5. The molecule has 574 valence electrons. The second-order valence-corrected chi connectivity index (χ2v) is 29.1. The molecule has 0 aliphatic carbocycles. The molecule has 0 spiro atoms. The predicted molar refractivity (Wildman–Crippen MR) is 391 cm³/mol. The minimum Gasteiger partial charge on any atom is -0.394 e. The van der Waals surface area contributed by atoms with Crippen LogP contribution in [0.3, 0.4) is 0 Å². The van der Waals surface area contributed by atoms with E-state index >= 15 is 14.4 Å². The Morgan fingerprint density at radius 2 is 1.33 bits per heavy atom. The van der Waals surface area contributed by atoms with Gasteiger partial charge in [0.1, 0.15) is 41.8 Å². The highest BCUT2D eigenvalue weighted by molar-refractivity contribution is 6.41. The lowest BCUT2D eigenvalue weighted by atomic mass is 9.82. The second kappa shape index (κ2) is 42.1. The van der Waals surface area contributed by atoms with Crippen LogP contribution in [0.2, 0.25) is 5.02 Å². The summed E-state index contributed by atoms with van der Waals surface area (Å²) in [5.74, 6) is -14.3. The normalized spacial score (nSPS) is 22.7. The van der Waals surface area contributed by atoms with Crippen LogP contribution in [0.15, 0.2) is 66.9 Å². The zero-order valence-corrected chi connectivity index (χ0v) is 62.5. The van der Waals surface area contributed by atoms with Gasteiger partial charge in [-0.15, -0.1) is 0 Å². The van der Waals surface area contributed by atoms with Crippen molar-refractivity contribution in [2.24, 2.45) is 35.1 Å². The first kappa shape index (κ1) is 87.5. The van der Waals surface area contributed by atoms with Gasteiger partial charge in [-0.3, -0.25) is 67.1 Å². The molecule has 17 N–H and O–H groups in total. The number of primary amides is 2. The number of H-pyrrole nitrogens is 1. The van der Waals surface area contributed by atoms with Crippen molar-refractivity contribution in [3.05, 3.63) is 83.0 Å². The summed E-state index contributed by atoms with van der Waals surface area (Å²) >= 11 is 6.37. The van der Waals surface area contributed by atoms with Crippen LogP contribution in [0, 0.1) is 23.7 Å². The highest BCUT2D eigenvalue weighted by atomic mass is 35.5. The van der Waals surface area contributed by atoms with Crippen LogP contribution in [-0.2, 0) is 80.0 Å². The quantitative estimate of drug-likeness (QED) is 0.0385. The number of aliphatic hydroxyl groups excluding tert-OH is 2. The number of amides is 11. The Hall–Kier alpha value is -8.93. The van der Waals surface area contributed by atoms with Crippen LogP contribution in [0.5, 0.6) is 0 Å². The van der Waals surface area contributed by atoms with E-state index in [1.54, 1.807) is 54.7 Å². The molecule has 104 heavy (non-hydrogen) atoms. The first-order valence-corrected chi connectivity index (χ1v) is 36.2. The van der Waals surface area contributed by atoms with Gasteiger partial charge in [-0.25, -0.2) is 0 Å². The lowest BCUT2D eigenvalue weighted by molar-refractivity contribution is -0.141. The van der Waals surface area contributed by atoms with Gasteiger partial charge in [0, 0.05) is 60.8 Å². The fraction of sp³-hybridized carbons (Fsp3) is 0.595. The summed E-state index contributed by atoms with van der Waals surface area (Å²) in [6.45, 7) is 15.5. The number of allylic oxidation sites excluding steroid dienone is 2. The molecule has 30 heteroatoms. The lowest BCUT2D eigenvalue weighted by Crippen LogP contribution is -2.63. The van der Waals surface area contributed by atoms with Crippen LogP contribution >= 0.6 is 11.6 Å². The van der Waals surface area contributed by atoms with E-state index in [0.29, 0.717) is 72.0 Å². The van der Waals surface area contributed by atoms with Crippen molar-refractivity contribution in [3.63, 3.8) is 0 Å². The summed E-state index contributed by atoms with van der Waals surface area (Å²) in [6, 6.07) is 2.48. The summed E-state index contributed by atoms with van der Waals surface area (Å²) in [6.07, 6.45) is 6.20. The zero-order chi connectivity index (χ0) is 77.8. The van der Waals surface area contributed by atoms with Gasteiger partial charge in [0.15, 0.2) is 5.78 Å². The van der Waals surface area contributed by atoms with Gasteiger partial charge in [0.25, 0.3) is 0 Å². The summed E-state index contributed by atoms with van der Waals surface area (Å²) in [5, 5.41) is 49.0. The molecule has 3 aromatic rings. The lowest BCUT2D eigenvalue weighted by Gasteiger charge is -2.34. The molecule has 0 radical (unpaired) electrons. The van der Waals surface area contributed by atoms with Crippen molar-refractivity contribution in [2.45, 2.75) is 244 Å². The maximum atomic E-state index is 15.5. The van der Waals surface area contributed by atoms with Crippen molar-refractivity contribution in [1.29, 1.82) is 0 Å². The van der Waals surface area contributed by atoms with Crippen molar-refractivity contribution in [3.8, 4) is 0 Å². The number of carbonyl (C=O) groups is 14. The average molecular weight is 1470 g/mol. The molecule has 1 aliphatic heterocycles. The number of fused-ring (bicyclic) bond motifs is 1. The number of aromatic nitrogens is 1. The van der Waals surface area contributed by atoms with Gasteiger partial charge >= 0.3 is 0 Å². The number of aromatic amines is 1. The van der Waals surface area contributed by atoms with E-state index in [-0.39, 0.29) is 63.3 Å². The Morgan fingerprint density at radius 3 is 1.94 bits per heavy atom. The van der Waals surface area contributed by atoms with E-state index in [1.807, 2.05) is 39.8 Å². The van der Waals surface area contributed by atoms with Crippen LogP contribution in [-0.4, -0.2) is 176 Å². The van der Waals surface area contributed by atoms with E-state index < -0.39 is 179 Å². The number of carbonyl (C=O) groups excluding carboxylic acids is 14. The van der Waals surface area contributed by atoms with Crippen LogP contribution in [0.25, 0.3) is 10.9 Å². The van der Waals surface area contributed by atoms with Crippen molar-refractivity contribution in [2.75, 3.05) is 13.2 Å². The third kappa shape index (κ3) is 28.3. The molecule has 0 saturated heterocycles. The second-order valence-electron chi connectivity index (χ2n) is 28.7. The van der Waals surface area contributed by atoms with E-state index in [0.717, 1.165) is 0 Å². The number of nitrogens with two attached hydrogens (primary N) is 2. The van der Waals surface area contributed by atoms with Crippen LogP contribution in [0.4, 0.5) is 0 Å². The fourth-order valence-corrected chi connectivity index (χ4v) is 12.4. The minimum absolute atomic E-state index is 0.00776. The monoisotopic (exact) mass is 1470 g/mol.